The second-order valence-corrected chi connectivity index (χ2v) is 8.52. The first kappa shape index (κ1) is 21.9. The molecule has 0 radical (unpaired) electrons. The Morgan fingerprint density at radius 2 is 1.89 bits per heavy atom. The quantitative estimate of drug-likeness (QED) is 0.410. The Morgan fingerprint density at radius 3 is 2.43 bits per heavy atom. The Bertz CT molecular complexity index is 862. The normalized spacial score (nSPS) is 19.7. The molecule has 28 heavy (non-hydrogen) atoms. The third kappa shape index (κ3) is 5.32. The van der Waals surface area contributed by atoms with Crippen LogP contribution in [-0.4, -0.2) is 68.8 Å². The van der Waals surface area contributed by atoms with Crippen LogP contribution in [0.3, 0.4) is 0 Å². The Hall–Kier alpha value is -2.39. The first-order valence-electron chi connectivity index (χ1n) is 9.08. The minimum Gasteiger partial charge on any atom is -0.384 e. The van der Waals surface area contributed by atoms with Crippen molar-refractivity contribution in [1.29, 1.82) is 0 Å². The average Bonchev–Trinajstić information content (AvgIpc) is 3.06. The summed E-state index contributed by atoms with van der Waals surface area (Å²) in [5.74, 6) is 1.35. The fourth-order valence-electron chi connectivity index (χ4n) is 3.08. The van der Waals surface area contributed by atoms with Crippen molar-refractivity contribution < 1.29 is 13.2 Å². The van der Waals surface area contributed by atoms with Gasteiger partial charge < -0.3 is 15.4 Å². The van der Waals surface area contributed by atoms with Crippen LogP contribution in [0.5, 0.6) is 0 Å². The number of morpholine rings is 1. The molecule has 0 bridgehead atoms. The molecular weight excluding hydrogens is 378 g/mol. The molecule has 0 saturated carbocycles. The molecule has 2 aliphatic rings. The highest BCUT2D eigenvalue weighted by atomic mass is 32.2. The molecule has 0 aromatic carbocycles. The maximum Gasteiger partial charge on any atom is 0.233 e. The lowest BCUT2D eigenvalue weighted by atomic mass is 9.99. The van der Waals surface area contributed by atoms with Crippen molar-refractivity contribution in [3.63, 3.8) is 0 Å². The molecular formula is C19H29N5O3S. The minimum absolute atomic E-state index is 0.187. The number of allylic oxidation sites excluding steroid dienone is 3. The predicted molar refractivity (Wildman–Crippen MR) is 113 cm³/mol. The third-order valence-corrected chi connectivity index (χ3v) is 5.76. The molecule has 0 aromatic rings. The van der Waals surface area contributed by atoms with Crippen molar-refractivity contribution in [2.45, 2.75) is 20.3 Å². The summed E-state index contributed by atoms with van der Waals surface area (Å²) in [6.45, 7) is 14.5. The topological polar surface area (TPSA) is 101 Å². The fraction of sp³-hybridized carbons (Fsp3) is 0.474. The van der Waals surface area contributed by atoms with Crippen molar-refractivity contribution in [2.24, 2.45) is 15.7 Å². The van der Waals surface area contributed by atoms with Crippen LogP contribution in [0.25, 0.3) is 0 Å². The maximum absolute atomic E-state index is 12.3. The zero-order valence-electron chi connectivity index (χ0n) is 16.8. The molecule has 1 saturated heterocycles. The van der Waals surface area contributed by atoms with Crippen molar-refractivity contribution in [3.8, 4) is 0 Å². The second kappa shape index (κ2) is 9.20. The van der Waals surface area contributed by atoms with Crippen molar-refractivity contribution in [1.82, 2.24) is 9.21 Å². The van der Waals surface area contributed by atoms with Gasteiger partial charge in [-0.2, -0.15) is 0 Å². The van der Waals surface area contributed by atoms with Gasteiger partial charge in [0.2, 0.25) is 10.0 Å². The third-order valence-electron chi connectivity index (χ3n) is 4.60. The van der Waals surface area contributed by atoms with E-state index in [4.69, 9.17) is 15.5 Å². The molecule has 0 unspecified atom stereocenters. The van der Waals surface area contributed by atoms with Crippen molar-refractivity contribution >= 4 is 22.1 Å². The molecule has 2 rings (SSSR count). The van der Waals surface area contributed by atoms with E-state index in [1.807, 2.05) is 19.9 Å². The number of amidine groups is 1. The standard InChI is InChI=1S/C19H29N5O3S/c1-6-17(13-21-15(3)20)14(2)18-7-8-24(28(5,25)26)19(18)22-16(4)23-9-11-27-12-10-23/h6,13H,2-3,7-12,20H2,1,4-5H3/b17-6+,21-13-,22-16+. The van der Waals surface area contributed by atoms with Gasteiger partial charge >= 0.3 is 0 Å². The number of rotatable bonds is 6. The molecule has 2 aliphatic heterocycles. The van der Waals surface area contributed by atoms with E-state index in [0.717, 1.165) is 30.1 Å². The highest BCUT2D eigenvalue weighted by Crippen LogP contribution is 2.33. The predicted octanol–water partition coefficient (Wildman–Crippen LogP) is 1.62. The van der Waals surface area contributed by atoms with Gasteiger partial charge in [0.05, 0.1) is 19.5 Å². The molecule has 2 heterocycles. The van der Waals surface area contributed by atoms with Crippen LogP contribution in [0, 0.1) is 0 Å². The lowest BCUT2D eigenvalue weighted by Gasteiger charge is -2.29. The van der Waals surface area contributed by atoms with Gasteiger partial charge in [-0.25, -0.2) is 18.4 Å². The number of ether oxygens (including phenoxy) is 1. The summed E-state index contributed by atoms with van der Waals surface area (Å²) in [5, 5.41) is 0. The van der Waals surface area contributed by atoms with E-state index in [2.05, 4.69) is 23.1 Å². The van der Waals surface area contributed by atoms with E-state index in [-0.39, 0.29) is 5.82 Å². The molecule has 0 aromatic heterocycles. The Balaban J connectivity index is 2.47. The first-order valence-corrected chi connectivity index (χ1v) is 10.9. The number of nitrogens with two attached hydrogens (primary N) is 1. The first-order chi connectivity index (χ1) is 13.1. The molecule has 0 spiro atoms. The fourth-order valence-corrected chi connectivity index (χ4v) is 3.97. The van der Waals surface area contributed by atoms with Crippen LogP contribution >= 0.6 is 0 Å². The maximum atomic E-state index is 12.3. The molecule has 8 nitrogen and oxygen atoms in total. The molecule has 1 fully saturated rings. The van der Waals surface area contributed by atoms with Crippen LogP contribution in [-0.2, 0) is 14.8 Å². The minimum atomic E-state index is -3.46. The Kier molecular flexibility index (Phi) is 7.20. The van der Waals surface area contributed by atoms with Crippen LogP contribution in [0.4, 0.5) is 0 Å². The van der Waals surface area contributed by atoms with Crippen molar-refractivity contribution in [2.75, 3.05) is 39.1 Å². The number of aliphatic imine (C=N–C) groups is 2. The summed E-state index contributed by atoms with van der Waals surface area (Å²) in [6, 6.07) is 0. The summed E-state index contributed by atoms with van der Waals surface area (Å²) in [7, 11) is -3.46. The molecule has 2 N–H and O–H groups in total. The van der Waals surface area contributed by atoms with Gasteiger partial charge in [-0.1, -0.05) is 19.2 Å². The zero-order chi connectivity index (χ0) is 20.9. The average molecular weight is 408 g/mol. The van der Waals surface area contributed by atoms with E-state index in [9.17, 15) is 8.42 Å². The van der Waals surface area contributed by atoms with Gasteiger partial charge in [-0.3, -0.25) is 4.31 Å². The van der Waals surface area contributed by atoms with E-state index in [0.29, 0.717) is 37.6 Å². The lowest BCUT2D eigenvalue weighted by Crippen LogP contribution is -2.40. The number of sulfonamides is 1. The number of nitrogens with zero attached hydrogens (tertiary/aromatic N) is 4. The van der Waals surface area contributed by atoms with Gasteiger partial charge in [0.1, 0.15) is 17.5 Å². The van der Waals surface area contributed by atoms with Gasteiger partial charge in [0.15, 0.2) is 0 Å². The molecule has 0 atom stereocenters. The Labute approximate surface area is 167 Å². The largest absolute Gasteiger partial charge is 0.384 e. The summed E-state index contributed by atoms with van der Waals surface area (Å²) in [4.78, 5) is 10.8. The number of hydrogen-bond acceptors (Lipinski definition) is 6. The van der Waals surface area contributed by atoms with E-state index >= 15 is 0 Å². The summed E-state index contributed by atoms with van der Waals surface area (Å²) >= 11 is 0. The van der Waals surface area contributed by atoms with Crippen LogP contribution in [0.2, 0.25) is 0 Å². The summed E-state index contributed by atoms with van der Waals surface area (Å²) in [6.07, 6.45) is 5.14. The molecule has 9 heteroatoms. The second-order valence-electron chi connectivity index (χ2n) is 6.62. The van der Waals surface area contributed by atoms with Gasteiger partial charge in [0, 0.05) is 31.4 Å². The lowest BCUT2D eigenvalue weighted by molar-refractivity contribution is 0.0677. The van der Waals surface area contributed by atoms with Gasteiger partial charge in [0.25, 0.3) is 0 Å². The van der Waals surface area contributed by atoms with Gasteiger partial charge in [-0.15, -0.1) is 0 Å². The zero-order valence-corrected chi connectivity index (χ0v) is 17.6. The van der Waals surface area contributed by atoms with Crippen LogP contribution in [0.1, 0.15) is 20.3 Å². The van der Waals surface area contributed by atoms with E-state index < -0.39 is 10.0 Å². The monoisotopic (exact) mass is 407 g/mol. The van der Waals surface area contributed by atoms with Crippen molar-refractivity contribution in [3.05, 3.63) is 47.6 Å². The van der Waals surface area contributed by atoms with E-state index in [1.54, 1.807) is 6.21 Å². The Morgan fingerprint density at radius 1 is 1.25 bits per heavy atom. The van der Waals surface area contributed by atoms with Crippen LogP contribution in [0.15, 0.2) is 57.6 Å². The molecule has 154 valence electrons. The van der Waals surface area contributed by atoms with Crippen LogP contribution < -0.4 is 5.73 Å². The molecule has 0 aliphatic carbocycles. The highest BCUT2D eigenvalue weighted by Gasteiger charge is 2.31. The number of hydrogen-bond donors (Lipinski definition) is 1. The summed E-state index contributed by atoms with van der Waals surface area (Å²) < 4.78 is 31.3. The molecule has 0 amide bonds. The SMILES string of the molecule is C=C(N)/N=C\C(=C/C)C(=C)C1=C(/N=C(\C)N2CCOCC2)N(S(C)(=O)=O)CC1. The van der Waals surface area contributed by atoms with Gasteiger partial charge in [-0.05, 0) is 31.4 Å². The van der Waals surface area contributed by atoms with E-state index in [1.165, 1.54) is 10.6 Å². The highest BCUT2D eigenvalue weighted by molar-refractivity contribution is 7.88. The smallest absolute Gasteiger partial charge is 0.233 e. The summed E-state index contributed by atoms with van der Waals surface area (Å²) in [5.41, 5.74) is 7.71.